The van der Waals surface area contributed by atoms with Crippen LogP contribution in [0.2, 0.25) is 0 Å². The molecule has 0 saturated heterocycles. The number of rotatable bonds is 2. The van der Waals surface area contributed by atoms with Crippen LogP contribution in [0.15, 0.2) is 0 Å². The van der Waals surface area contributed by atoms with Crippen molar-refractivity contribution >= 4 is 5.91 Å². The average Bonchev–Trinajstić information content (AvgIpc) is 2.51. The van der Waals surface area contributed by atoms with E-state index in [1.54, 1.807) is 0 Å². The van der Waals surface area contributed by atoms with Gasteiger partial charge in [-0.3, -0.25) is 4.79 Å². The van der Waals surface area contributed by atoms with Crippen molar-refractivity contribution in [3.8, 4) is 6.07 Å². The van der Waals surface area contributed by atoms with Gasteiger partial charge in [0.05, 0.1) is 12.0 Å². The van der Waals surface area contributed by atoms with Crippen LogP contribution in [0.25, 0.3) is 0 Å². The lowest BCUT2D eigenvalue weighted by Gasteiger charge is -2.14. The Morgan fingerprint density at radius 2 is 2.42 bits per heavy atom. The predicted octanol–water partition coefficient (Wildman–Crippen LogP) is 1.20. The summed E-state index contributed by atoms with van der Waals surface area (Å²) >= 11 is 0. The second-order valence-corrected chi connectivity index (χ2v) is 3.19. The third kappa shape index (κ3) is 1.97. The molecule has 1 aliphatic rings. The van der Waals surface area contributed by atoms with Crippen LogP contribution in [-0.2, 0) is 4.79 Å². The molecule has 0 bridgehead atoms. The predicted molar refractivity (Wildman–Crippen MR) is 45.2 cm³/mol. The van der Waals surface area contributed by atoms with E-state index in [1.165, 1.54) is 0 Å². The second-order valence-electron chi connectivity index (χ2n) is 3.19. The molecule has 0 aromatic carbocycles. The van der Waals surface area contributed by atoms with E-state index < -0.39 is 0 Å². The molecule has 0 spiro atoms. The molecule has 12 heavy (non-hydrogen) atoms. The normalized spacial score (nSPS) is 28.0. The number of nitrogens with zero attached hydrogens (tertiary/aromatic N) is 1. The van der Waals surface area contributed by atoms with Gasteiger partial charge in [-0.15, -0.1) is 0 Å². The maximum atomic E-state index is 11.0. The Morgan fingerprint density at radius 3 is 3.00 bits per heavy atom. The Hall–Kier alpha value is -1.04. The van der Waals surface area contributed by atoms with Crippen molar-refractivity contribution in [3.05, 3.63) is 0 Å². The summed E-state index contributed by atoms with van der Waals surface area (Å²) in [6, 6.07) is 2.34. The highest BCUT2D eigenvalue weighted by Crippen LogP contribution is 2.24. The highest BCUT2D eigenvalue weighted by molar-refractivity contribution is 5.75. The lowest BCUT2D eigenvalue weighted by molar-refractivity contribution is -0.121. The summed E-state index contributed by atoms with van der Waals surface area (Å²) < 4.78 is 0. The van der Waals surface area contributed by atoms with Crippen LogP contribution >= 0.6 is 0 Å². The molecule has 0 aliphatic heterocycles. The number of amides is 1. The van der Waals surface area contributed by atoms with Gasteiger partial charge >= 0.3 is 0 Å². The van der Waals surface area contributed by atoms with E-state index in [9.17, 15) is 4.79 Å². The highest BCUT2D eigenvalue weighted by Gasteiger charge is 2.27. The molecule has 1 rings (SSSR count). The Bertz CT molecular complexity index is 207. The zero-order valence-corrected chi connectivity index (χ0v) is 7.34. The summed E-state index contributed by atoms with van der Waals surface area (Å²) in [4.78, 5) is 11.0. The summed E-state index contributed by atoms with van der Waals surface area (Å²) in [5, 5.41) is 11.6. The molecule has 0 aromatic rings. The molecule has 1 amide bonds. The van der Waals surface area contributed by atoms with Gasteiger partial charge in [-0.25, -0.2) is 0 Å². The first kappa shape index (κ1) is 9.05. The number of nitrogens with one attached hydrogen (secondary N) is 1. The first-order valence-electron chi connectivity index (χ1n) is 4.47. The van der Waals surface area contributed by atoms with Gasteiger partial charge in [0.2, 0.25) is 5.91 Å². The van der Waals surface area contributed by atoms with Gasteiger partial charge in [-0.05, 0) is 19.3 Å². The highest BCUT2D eigenvalue weighted by atomic mass is 16.1. The molecule has 2 unspecified atom stereocenters. The Morgan fingerprint density at radius 1 is 1.67 bits per heavy atom. The molecule has 0 radical (unpaired) electrons. The molecule has 1 aliphatic carbocycles. The van der Waals surface area contributed by atoms with E-state index in [1.807, 2.05) is 6.92 Å². The van der Waals surface area contributed by atoms with Gasteiger partial charge in [0.1, 0.15) is 0 Å². The molecule has 1 saturated carbocycles. The van der Waals surface area contributed by atoms with Crippen LogP contribution < -0.4 is 5.32 Å². The van der Waals surface area contributed by atoms with Crippen LogP contribution in [0.4, 0.5) is 0 Å². The first-order valence-corrected chi connectivity index (χ1v) is 4.47. The van der Waals surface area contributed by atoms with Crippen molar-refractivity contribution in [2.24, 2.45) is 5.92 Å². The van der Waals surface area contributed by atoms with E-state index in [0.29, 0.717) is 6.42 Å². The van der Waals surface area contributed by atoms with Crippen molar-refractivity contribution < 1.29 is 4.79 Å². The van der Waals surface area contributed by atoms with Gasteiger partial charge in [0.25, 0.3) is 0 Å². The van der Waals surface area contributed by atoms with Crippen LogP contribution in [0, 0.1) is 17.2 Å². The maximum Gasteiger partial charge on any atom is 0.219 e. The van der Waals surface area contributed by atoms with Gasteiger partial charge in [0, 0.05) is 12.5 Å². The molecule has 66 valence electrons. The molecule has 1 N–H and O–H groups in total. The minimum atomic E-state index is 0.0421. The molecule has 3 nitrogen and oxygen atoms in total. The average molecular weight is 166 g/mol. The van der Waals surface area contributed by atoms with Crippen molar-refractivity contribution in [2.45, 2.75) is 38.6 Å². The molecule has 3 heteroatoms. The number of hydrogen-bond donors (Lipinski definition) is 1. The summed E-state index contributed by atoms with van der Waals surface area (Å²) in [6.07, 6.45) is 3.47. The van der Waals surface area contributed by atoms with Gasteiger partial charge in [-0.1, -0.05) is 6.92 Å². The van der Waals surface area contributed by atoms with E-state index in [-0.39, 0.29) is 17.9 Å². The van der Waals surface area contributed by atoms with Crippen LogP contribution in [0.5, 0.6) is 0 Å². The third-order valence-electron chi connectivity index (χ3n) is 2.35. The largest absolute Gasteiger partial charge is 0.352 e. The molecule has 2 atom stereocenters. The van der Waals surface area contributed by atoms with Gasteiger partial charge < -0.3 is 5.32 Å². The first-order chi connectivity index (χ1) is 5.77. The minimum Gasteiger partial charge on any atom is -0.352 e. The molecular formula is C9H14N2O. The Balaban J connectivity index is 2.42. The SMILES string of the molecule is CCC(=O)NC1CCCC1C#N. The summed E-state index contributed by atoms with van der Waals surface area (Å²) in [5.74, 6) is 0.0997. The fourth-order valence-electron chi connectivity index (χ4n) is 1.60. The second kappa shape index (κ2) is 4.10. The van der Waals surface area contributed by atoms with Crippen molar-refractivity contribution in [1.82, 2.24) is 5.32 Å². The van der Waals surface area contributed by atoms with Crippen molar-refractivity contribution in [3.63, 3.8) is 0 Å². The van der Waals surface area contributed by atoms with Crippen LogP contribution in [0.3, 0.4) is 0 Å². The Labute approximate surface area is 72.8 Å². The minimum absolute atomic E-state index is 0.0421. The number of nitriles is 1. The third-order valence-corrected chi connectivity index (χ3v) is 2.35. The number of carbonyl (C=O) groups excluding carboxylic acids is 1. The van der Waals surface area contributed by atoms with E-state index in [4.69, 9.17) is 5.26 Å². The van der Waals surface area contributed by atoms with E-state index in [2.05, 4.69) is 11.4 Å². The number of carbonyl (C=O) groups is 1. The van der Waals surface area contributed by atoms with E-state index in [0.717, 1.165) is 19.3 Å². The van der Waals surface area contributed by atoms with Crippen LogP contribution in [-0.4, -0.2) is 11.9 Å². The number of hydrogen-bond acceptors (Lipinski definition) is 2. The quantitative estimate of drug-likeness (QED) is 0.670. The Kier molecular flexibility index (Phi) is 3.09. The topological polar surface area (TPSA) is 52.9 Å². The maximum absolute atomic E-state index is 11.0. The smallest absolute Gasteiger partial charge is 0.219 e. The molecular weight excluding hydrogens is 152 g/mol. The standard InChI is InChI=1S/C9H14N2O/c1-2-9(12)11-8-5-3-4-7(8)6-10/h7-8H,2-5H2,1H3,(H,11,12). The van der Waals surface area contributed by atoms with Crippen LogP contribution in [0.1, 0.15) is 32.6 Å². The molecule has 0 aromatic heterocycles. The lowest BCUT2D eigenvalue weighted by atomic mass is 10.1. The summed E-state index contributed by atoms with van der Waals surface area (Å²) in [6.45, 7) is 1.83. The summed E-state index contributed by atoms with van der Waals surface area (Å²) in [7, 11) is 0. The van der Waals surface area contributed by atoms with E-state index >= 15 is 0 Å². The molecule has 0 heterocycles. The summed E-state index contributed by atoms with van der Waals surface area (Å²) in [5.41, 5.74) is 0. The fourth-order valence-corrected chi connectivity index (χ4v) is 1.60. The van der Waals surface area contributed by atoms with Crippen molar-refractivity contribution in [2.75, 3.05) is 0 Å². The zero-order chi connectivity index (χ0) is 8.97. The van der Waals surface area contributed by atoms with Gasteiger partial charge in [0.15, 0.2) is 0 Å². The fraction of sp³-hybridized carbons (Fsp3) is 0.778. The zero-order valence-electron chi connectivity index (χ0n) is 7.34. The lowest BCUT2D eigenvalue weighted by Crippen LogP contribution is -2.36. The van der Waals surface area contributed by atoms with Gasteiger partial charge in [-0.2, -0.15) is 5.26 Å². The van der Waals surface area contributed by atoms with Crippen molar-refractivity contribution in [1.29, 1.82) is 5.26 Å². The monoisotopic (exact) mass is 166 g/mol. The molecule has 1 fully saturated rings.